The molecule has 0 N–H and O–H groups in total. The molecule has 5 heteroatoms. The Kier molecular flexibility index (Phi) is 5.99. The molecule has 0 bridgehead atoms. The SMILES string of the molecule is Cc1ccccc1-c1cc2c(c(O[C@@H]3CCOC3)c1)OCCN(Cc1sccc1C)C2. The Bertz CT molecular complexity index is 1050. The van der Waals surface area contributed by atoms with Crippen molar-refractivity contribution in [2.45, 2.75) is 39.5 Å². The van der Waals surface area contributed by atoms with E-state index in [1.807, 2.05) is 11.3 Å². The number of hydrogen-bond acceptors (Lipinski definition) is 5. The molecule has 2 aliphatic rings. The van der Waals surface area contributed by atoms with Gasteiger partial charge in [0.05, 0.1) is 13.2 Å². The highest BCUT2D eigenvalue weighted by Crippen LogP contribution is 2.40. The quantitative estimate of drug-likeness (QED) is 0.522. The van der Waals surface area contributed by atoms with Crippen LogP contribution in [0.4, 0.5) is 0 Å². The average Bonchev–Trinajstić information content (AvgIpc) is 3.36. The van der Waals surface area contributed by atoms with Crippen LogP contribution in [0.5, 0.6) is 11.5 Å². The Morgan fingerprint density at radius 3 is 2.77 bits per heavy atom. The van der Waals surface area contributed by atoms with Crippen molar-refractivity contribution in [1.82, 2.24) is 4.90 Å². The van der Waals surface area contributed by atoms with E-state index in [4.69, 9.17) is 14.2 Å². The van der Waals surface area contributed by atoms with E-state index < -0.39 is 0 Å². The van der Waals surface area contributed by atoms with E-state index in [0.717, 1.165) is 44.2 Å². The number of fused-ring (bicyclic) bond motifs is 1. The van der Waals surface area contributed by atoms with E-state index in [9.17, 15) is 0 Å². The lowest BCUT2D eigenvalue weighted by molar-refractivity contribution is 0.137. The maximum atomic E-state index is 6.43. The van der Waals surface area contributed by atoms with Crippen LogP contribution in [0.3, 0.4) is 0 Å². The number of thiophene rings is 1. The van der Waals surface area contributed by atoms with Gasteiger partial charge in [0, 0.05) is 36.5 Å². The summed E-state index contributed by atoms with van der Waals surface area (Å²) in [5, 5.41) is 2.18. The molecule has 0 unspecified atom stereocenters. The summed E-state index contributed by atoms with van der Waals surface area (Å²) >= 11 is 1.84. The van der Waals surface area contributed by atoms with Crippen molar-refractivity contribution in [1.29, 1.82) is 0 Å². The molecule has 2 aliphatic heterocycles. The summed E-state index contributed by atoms with van der Waals surface area (Å²) in [5.41, 5.74) is 6.25. The van der Waals surface area contributed by atoms with Gasteiger partial charge in [-0.05, 0) is 59.7 Å². The fourth-order valence-electron chi connectivity index (χ4n) is 4.37. The molecule has 4 nitrogen and oxygen atoms in total. The summed E-state index contributed by atoms with van der Waals surface area (Å²) in [6.45, 7) is 9.13. The molecule has 0 saturated carbocycles. The predicted octanol–water partition coefficient (Wildman–Crippen LogP) is 5.59. The van der Waals surface area contributed by atoms with Gasteiger partial charge in [-0.2, -0.15) is 0 Å². The summed E-state index contributed by atoms with van der Waals surface area (Å²) in [6.07, 6.45) is 1.01. The van der Waals surface area contributed by atoms with Gasteiger partial charge in [-0.1, -0.05) is 24.3 Å². The highest BCUT2D eigenvalue weighted by atomic mass is 32.1. The molecule has 1 atom stereocenters. The first kappa shape index (κ1) is 20.6. The topological polar surface area (TPSA) is 30.9 Å². The van der Waals surface area contributed by atoms with Gasteiger partial charge in [-0.25, -0.2) is 0 Å². The van der Waals surface area contributed by atoms with Gasteiger partial charge in [-0.3, -0.25) is 4.90 Å². The summed E-state index contributed by atoms with van der Waals surface area (Å²) in [6, 6.07) is 15.2. The van der Waals surface area contributed by atoms with Crippen LogP contribution in [0.25, 0.3) is 11.1 Å². The van der Waals surface area contributed by atoms with Crippen LogP contribution in [-0.4, -0.2) is 37.4 Å². The largest absolute Gasteiger partial charge is 0.488 e. The maximum Gasteiger partial charge on any atom is 0.165 e. The van der Waals surface area contributed by atoms with E-state index in [2.05, 4.69) is 66.6 Å². The number of ether oxygens (including phenoxy) is 3. The van der Waals surface area contributed by atoms with E-state index in [-0.39, 0.29) is 6.10 Å². The van der Waals surface area contributed by atoms with Gasteiger partial charge < -0.3 is 14.2 Å². The van der Waals surface area contributed by atoms with E-state index in [0.29, 0.717) is 13.2 Å². The second kappa shape index (κ2) is 9.03. The van der Waals surface area contributed by atoms with Crippen molar-refractivity contribution in [3.8, 4) is 22.6 Å². The lowest BCUT2D eigenvalue weighted by atomic mass is 9.97. The predicted molar refractivity (Wildman–Crippen MR) is 125 cm³/mol. The second-order valence-corrected chi connectivity index (χ2v) is 9.47. The molecule has 1 fully saturated rings. The van der Waals surface area contributed by atoms with E-state index in [1.165, 1.54) is 32.7 Å². The minimum absolute atomic E-state index is 0.0907. The molecule has 5 rings (SSSR count). The Morgan fingerprint density at radius 1 is 1.10 bits per heavy atom. The fraction of sp³-hybridized carbons (Fsp3) is 0.385. The zero-order valence-electron chi connectivity index (χ0n) is 18.2. The van der Waals surface area contributed by atoms with Crippen LogP contribution in [0.15, 0.2) is 47.8 Å². The maximum absolute atomic E-state index is 6.43. The van der Waals surface area contributed by atoms with Crippen molar-refractivity contribution in [3.63, 3.8) is 0 Å². The summed E-state index contributed by atoms with van der Waals surface area (Å²) in [5.74, 6) is 1.75. The molecule has 1 saturated heterocycles. The molecule has 0 aliphatic carbocycles. The Labute approximate surface area is 188 Å². The molecule has 2 aromatic carbocycles. The molecule has 162 valence electrons. The van der Waals surface area contributed by atoms with Gasteiger partial charge in [0.1, 0.15) is 12.7 Å². The third-order valence-electron chi connectivity index (χ3n) is 6.15. The summed E-state index contributed by atoms with van der Waals surface area (Å²) < 4.78 is 18.3. The highest BCUT2D eigenvalue weighted by molar-refractivity contribution is 7.10. The van der Waals surface area contributed by atoms with Crippen LogP contribution in [-0.2, 0) is 17.8 Å². The van der Waals surface area contributed by atoms with Crippen LogP contribution >= 0.6 is 11.3 Å². The van der Waals surface area contributed by atoms with E-state index >= 15 is 0 Å². The molecular formula is C26H29NO3S. The molecule has 0 spiro atoms. The minimum atomic E-state index is 0.0907. The summed E-state index contributed by atoms with van der Waals surface area (Å²) in [7, 11) is 0. The first-order valence-corrected chi connectivity index (χ1v) is 11.9. The van der Waals surface area contributed by atoms with Crippen molar-refractivity contribution < 1.29 is 14.2 Å². The van der Waals surface area contributed by atoms with Gasteiger partial charge in [0.25, 0.3) is 0 Å². The minimum Gasteiger partial charge on any atom is -0.488 e. The monoisotopic (exact) mass is 435 g/mol. The van der Waals surface area contributed by atoms with Crippen LogP contribution in [0.1, 0.15) is 28.0 Å². The van der Waals surface area contributed by atoms with Gasteiger partial charge in [-0.15, -0.1) is 11.3 Å². The highest BCUT2D eigenvalue weighted by Gasteiger charge is 2.25. The Balaban J connectivity index is 1.51. The molecule has 1 aromatic heterocycles. The lowest BCUT2D eigenvalue weighted by Gasteiger charge is -2.21. The van der Waals surface area contributed by atoms with Crippen molar-refractivity contribution >= 4 is 11.3 Å². The molecular weight excluding hydrogens is 406 g/mol. The molecule has 31 heavy (non-hydrogen) atoms. The smallest absolute Gasteiger partial charge is 0.165 e. The normalized spacial score (nSPS) is 19.0. The second-order valence-electron chi connectivity index (χ2n) is 8.47. The molecule has 0 amide bonds. The fourth-order valence-corrected chi connectivity index (χ4v) is 5.31. The Morgan fingerprint density at radius 2 is 2.00 bits per heavy atom. The number of benzene rings is 2. The van der Waals surface area contributed by atoms with E-state index in [1.54, 1.807) is 0 Å². The van der Waals surface area contributed by atoms with Crippen molar-refractivity contribution in [3.05, 3.63) is 69.4 Å². The number of aryl methyl sites for hydroxylation is 2. The Hall–Kier alpha value is -2.34. The standard InChI is InChI=1S/C26H29NO3S/c1-18-5-3-4-6-23(18)20-13-21-15-27(16-25-19(2)8-12-31-25)9-11-29-26(21)24(14-20)30-22-7-10-28-17-22/h3-6,8,12-14,22H,7,9-11,15-17H2,1-2H3/t22-/m1/s1. The lowest BCUT2D eigenvalue weighted by Crippen LogP contribution is -2.25. The van der Waals surface area contributed by atoms with Crippen LogP contribution in [0, 0.1) is 13.8 Å². The van der Waals surface area contributed by atoms with Gasteiger partial charge in [0.15, 0.2) is 11.5 Å². The molecule has 3 aromatic rings. The van der Waals surface area contributed by atoms with Crippen LogP contribution in [0.2, 0.25) is 0 Å². The number of rotatable bonds is 5. The van der Waals surface area contributed by atoms with Gasteiger partial charge >= 0.3 is 0 Å². The van der Waals surface area contributed by atoms with Crippen LogP contribution < -0.4 is 9.47 Å². The third-order valence-corrected chi connectivity index (χ3v) is 7.16. The summed E-state index contributed by atoms with van der Waals surface area (Å²) in [4.78, 5) is 3.91. The number of nitrogens with zero attached hydrogens (tertiary/aromatic N) is 1. The first-order chi connectivity index (χ1) is 15.2. The first-order valence-electron chi connectivity index (χ1n) is 11.0. The van der Waals surface area contributed by atoms with Crippen molar-refractivity contribution in [2.24, 2.45) is 0 Å². The average molecular weight is 436 g/mol. The third kappa shape index (κ3) is 4.49. The molecule has 3 heterocycles. The van der Waals surface area contributed by atoms with Gasteiger partial charge in [0.2, 0.25) is 0 Å². The number of hydrogen-bond donors (Lipinski definition) is 0. The van der Waals surface area contributed by atoms with Crippen molar-refractivity contribution in [2.75, 3.05) is 26.4 Å². The molecule has 0 radical (unpaired) electrons. The zero-order valence-corrected chi connectivity index (χ0v) is 19.0. The zero-order chi connectivity index (χ0) is 21.2.